The number of halogens is 2. The van der Waals surface area contributed by atoms with Gasteiger partial charge in [0.15, 0.2) is 12.0 Å². The van der Waals surface area contributed by atoms with Crippen molar-refractivity contribution >= 4 is 57.2 Å². The molecule has 0 saturated carbocycles. The number of hydrogen-bond acceptors (Lipinski definition) is 8. The summed E-state index contributed by atoms with van der Waals surface area (Å²) in [7, 11) is 3.20. The van der Waals surface area contributed by atoms with Crippen LogP contribution in [-0.4, -0.2) is 24.7 Å². The van der Waals surface area contributed by atoms with Gasteiger partial charge in [-0.3, -0.25) is 9.36 Å². The zero-order valence-electron chi connectivity index (χ0n) is 19.5. The van der Waals surface area contributed by atoms with Gasteiger partial charge in [0, 0.05) is 18.5 Å². The number of carbonyl (C=O) groups excluding carboxylic acids is 1. The fraction of sp³-hybridized carbons (Fsp3) is 0.208. The number of aromatic nitrogens is 2. The van der Waals surface area contributed by atoms with Crippen molar-refractivity contribution in [1.82, 2.24) is 4.57 Å². The summed E-state index contributed by atoms with van der Waals surface area (Å²) in [4.78, 5) is 27.7. The number of fused-ring (bicyclic) bond motifs is 1. The van der Waals surface area contributed by atoms with Crippen molar-refractivity contribution in [2.75, 3.05) is 19.1 Å². The average Bonchev–Trinajstić information content (AvgIpc) is 3.62. The van der Waals surface area contributed by atoms with E-state index in [1.165, 1.54) is 42.3 Å². The van der Waals surface area contributed by atoms with E-state index in [9.17, 15) is 14.0 Å². The van der Waals surface area contributed by atoms with Gasteiger partial charge in [0.25, 0.3) is 10.6 Å². The van der Waals surface area contributed by atoms with Gasteiger partial charge < -0.3 is 26.5 Å². The number of benzene rings is 1. The van der Waals surface area contributed by atoms with Crippen molar-refractivity contribution in [3.05, 3.63) is 83.8 Å². The fourth-order valence-corrected chi connectivity index (χ4v) is 7.15. The molecule has 0 spiro atoms. The van der Waals surface area contributed by atoms with Crippen LogP contribution in [0, 0.1) is 5.82 Å². The maximum absolute atomic E-state index is 13.7. The van der Waals surface area contributed by atoms with E-state index in [1.807, 2.05) is 41.1 Å². The highest BCUT2D eigenvalue weighted by Crippen LogP contribution is 2.45. The van der Waals surface area contributed by atoms with Crippen LogP contribution < -0.4 is 36.6 Å². The van der Waals surface area contributed by atoms with E-state index in [4.69, 9.17) is 9.15 Å². The van der Waals surface area contributed by atoms with E-state index in [0.29, 0.717) is 23.4 Å². The number of hydrogen-bond donors (Lipinski definition) is 0. The first-order valence-electron chi connectivity index (χ1n) is 10.7. The molecule has 0 saturated heterocycles. The van der Waals surface area contributed by atoms with E-state index in [1.54, 1.807) is 34.1 Å². The number of anilines is 1. The summed E-state index contributed by atoms with van der Waals surface area (Å²) >= 11 is 4.37. The molecule has 5 rings (SSSR count). The van der Waals surface area contributed by atoms with Crippen LogP contribution in [0.2, 0.25) is 0 Å². The van der Waals surface area contributed by atoms with Crippen LogP contribution in [0.15, 0.2) is 56.0 Å². The molecule has 0 aliphatic carbocycles. The van der Waals surface area contributed by atoms with Gasteiger partial charge in [0.2, 0.25) is 12.3 Å². The lowest BCUT2D eigenvalue weighted by atomic mass is 10.3. The van der Waals surface area contributed by atoms with Crippen LogP contribution >= 0.6 is 34.4 Å². The molecular formula is C24H21ClFN3O4S3. The van der Waals surface area contributed by atoms with Crippen LogP contribution in [-0.2, 0) is 17.8 Å². The van der Waals surface area contributed by atoms with Crippen LogP contribution in [0.5, 0.6) is 0 Å². The molecular weight excluding hydrogens is 545 g/mol. The highest BCUT2D eigenvalue weighted by atomic mass is 35.5. The summed E-state index contributed by atoms with van der Waals surface area (Å²) in [5, 5.41) is 3.69. The molecule has 7 nitrogen and oxygen atoms in total. The monoisotopic (exact) mass is 565 g/mol. The average molecular weight is 566 g/mol. The van der Waals surface area contributed by atoms with Crippen LogP contribution in [0.25, 0.3) is 11.1 Å². The Hall–Kier alpha value is -2.86. The highest BCUT2D eigenvalue weighted by molar-refractivity contribution is 8.08. The Morgan fingerprint density at radius 1 is 1.28 bits per heavy atom. The first-order chi connectivity index (χ1) is 16.9. The Kier molecular flexibility index (Phi) is 7.74. The van der Waals surface area contributed by atoms with E-state index < -0.39 is 5.97 Å². The molecule has 1 aliphatic heterocycles. The van der Waals surface area contributed by atoms with E-state index >= 15 is 0 Å². The highest BCUT2D eigenvalue weighted by Gasteiger charge is 2.25. The minimum atomic E-state index is -0.520. The van der Waals surface area contributed by atoms with Crippen LogP contribution in [0.1, 0.15) is 28.2 Å². The molecule has 12 heteroatoms. The molecule has 0 amide bonds. The summed E-state index contributed by atoms with van der Waals surface area (Å²) < 4.78 is 29.2. The standard InChI is InChI=1S/C24H21FN3O4S3.ClH/c1-4-28-20(12-19-27(9-10-33-19)13-15-6-8-17(32-15)24(30)31-3)35-21(22(28)29)23-26(2)16-7-5-14(25)11-18(16)34-23;/h5-12H,4,13H2,1-3H3;1H/q+1;/p-1/b23-21+;. The first kappa shape index (κ1) is 26.2. The quantitative estimate of drug-likeness (QED) is 0.250. The molecule has 1 aromatic carbocycles. The number of thiazole rings is 2. The van der Waals surface area contributed by atoms with Crippen molar-refractivity contribution in [2.24, 2.45) is 0 Å². The number of carbonyl (C=O) groups is 1. The molecule has 0 atom stereocenters. The lowest BCUT2D eigenvalue weighted by Crippen LogP contribution is -3.00. The maximum atomic E-state index is 13.7. The van der Waals surface area contributed by atoms with E-state index in [0.717, 1.165) is 25.3 Å². The predicted octanol–water partition coefficient (Wildman–Crippen LogP) is -0.0137. The number of rotatable bonds is 5. The third-order valence-electron chi connectivity index (χ3n) is 5.55. The van der Waals surface area contributed by atoms with Crippen LogP contribution in [0.3, 0.4) is 0 Å². The normalized spacial score (nSPS) is 14.7. The molecule has 0 bridgehead atoms. The largest absolute Gasteiger partial charge is 1.00 e. The lowest BCUT2D eigenvalue weighted by Gasteiger charge is -2.12. The number of furan rings is 1. The second kappa shape index (κ2) is 10.6. The zero-order chi connectivity index (χ0) is 24.7. The maximum Gasteiger partial charge on any atom is 0.373 e. The SMILES string of the molecule is CCn1c(=O)/c(=C2\Sc3cc(F)ccc3N2C)s/c1=C\c1scc[n+]1Cc1ccc(C(=O)OC)o1.[Cl-]. The molecule has 1 aliphatic rings. The van der Waals surface area contributed by atoms with Crippen molar-refractivity contribution in [3.63, 3.8) is 0 Å². The molecule has 36 heavy (non-hydrogen) atoms. The Bertz CT molecular complexity index is 1620. The van der Waals surface area contributed by atoms with Gasteiger partial charge in [0.05, 0.1) is 24.3 Å². The minimum Gasteiger partial charge on any atom is -1.00 e. The van der Waals surface area contributed by atoms with Gasteiger partial charge in [-0.2, -0.15) is 4.57 Å². The third-order valence-corrected chi connectivity index (χ3v) is 8.87. The van der Waals surface area contributed by atoms with Gasteiger partial charge in [-0.25, -0.2) is 9.18 Å². The zero-order valence-corrected chi connectivity index (χ0v) is 22.7. The van der Waals surface area contributed by atoms with Gasteiger partial charge in [-0.15, -0.1) is 11.3 Å². The minimum absolute atomic E-state index is 0. The number of esters is 1. The van der Waals surface area contributed by atoms with Crippen molar-refractivity contribution in [1.29, 1.82) is 0 Å². The third kappa shape index (κ3) is 4.75. The molecule has 0 fully saturated rings. The second-order valence-electron chi connectivity index (χ2n) is 7.67. The Labute approximate surface area is 224 Å². The second-order valence-corrected chi connectivity index (χ2v) is 10.7. The topological polar surface area (TPSA) is 68.6 Å². The smallest absolute Gasteiger partial charge is 0.373 e. The van der Waals surface area contributed by atoms with E-state index in [-0.39, 0.29) is 29.5 Å². The molecule has 4 heterocycles. The number of methoxy groups -OCH3 is 1. The summed E-state index contributed by atoms with van der Waals surface area (Å²) in [6, 6.07) is 8.00. The Balaban J connectivity index is 0.00000304. The van der Waals surface area contributed by atoms with Gasteiger partial charge >= 0.3 is 5.97 Å². The lowest BCUT2D eigenvalue weighted by molar-refractivity contribution is -0.686. The summed E-state index contributed by atoms with van der Waals surface area (Å²) in [5.74, 6) is -0.0430. The van der Waals surface area contributed by atoms with Crippen molar-refractivity contribution in [2.45, 2.75) is 24.9 Å². The number of nitrogens with zero attached hydrogens (tertiary/aromatic N) is 3. The molecule has 0 N–H and O–H groups in total. The summed E-state index contributed by atoms with van der Waals surface area (Å²) in [6.07, 6.45) is 3.92. The molecule has 4 aromatic rings. The Morgan fingerprint density at radius 3 is 2.83 bits per heavy atom. The molecule has 0 unspecified atom stereocenters. The fourth-order valence-electron chi connectivity index (χ4n) is 3.80. The van der Waals surface area contributed by atoms with Gasteiger partial charge in [0.1, 0.15) is 20.0 Å². The molecule has 0 radical (unpaired) electrons. The van der Waals surface area contributed by atoms with Gasteiger partial charge in [-0.05, 0) is 37.3 Å². The predicted molar refractivity (Wildman–Crippen MR) is 135 cm³/mol. The molecule has 3 aromatic heterocycles. The number of ether oxygens (including phenoxy) is 1. The van der Waals surface area contributed by atoms with Crippen LogP contribution in [0.4, 0.5) is 10.1 Å². The Morgan fingerprint density at radius 2 is 2.08 bits per heavy atom. The van der Waals surface area contributed by atoms with E-state index in [2.05, 4.69) is 0 Å². The van der Waals surface area contributed by atoms with Gasteiger partial charge in [-0.1, -0.05) is 23.1 Å². The van der Waals surface area contributed by atoms with Crippen molar-refractivity contribution in [3.8, 4) is 0 Å². The van der Waals surface area contributed by atoms with Crippen molar-refractivity contribution < 1.29 is 35.3 Å². The number of thioether (sulfide) groups is 1. The summed E-state index contributed by atoms with van der Waals surface area (Å²) in [6.45, 7) is 2.89. The summed E-state index contributed by atoms with van der Waals surface area (Å²) in [5.41, 5.74) is 0.817. The molecule has 188 valence electrons. The first-order valence-corrected chi connectivity index (χ1v) is 13.2.